The first-order chi connectivity index (χ1) is 7.56. The van der Waals surface area contributed by atoms with Crippen LogP contribution in [0, 0.1) is 5.92 Å². The molecule has 0 spiro atoms. The molecule has 5 heteroatoms. The maximum atomic E-state index is 11.3. The van der Waals surface area contributed by atoms with Gasteiger partial charge < -0.3 is 9.47 Å². The third-order valence-corrected chi connectivity index (χ3v) is 2.73. The minimum absolute atomic E-state index is 0.205. The van der Waals surface area contributed by atoms with Gasteiger partial charge in [0.2, 0.25) is 0 Å². The van der Waals surface area contributed by atoms with Crippen molar-refractivity contribution in [2.24, 2.45) is 5.92 Å². The topological polar surface area (TPSA) is 52.6 Å². The van der Waals surface area contributed by atoms with Crippen molar-refractivity contribution in [3.63, 3.8) is 0 Å². The molecule has 0 saturated heterocycles. The van der Waals surface area contributed by atoms with Crippen LogP contribution in [0.1, 0.15) is 32.6 Å². The molecule has 0 aromatic carbocycles. The number of ether oxygens (including phenoxy) is 2. The van der Waals surface area contributed by atoms with E-state index in [4.69, 9.17) is 11.6 Å². The van der Waals surface area contributed by atoms with Gasteiger partial charge in [-0.15, -0.1) is 11.6 Å². The molecule has 0 aliphatic carbocycles. The molecule has 4 nitrogen and oxygen atoms in total. The molecule has 0 bridgehead atoms. The van der Waals surface area contributed by atoms with Crippen LogP contribution >= 0.6 is 11.6 Å². The van der Waals surface area contributed by atoms with Crippen molar-refractivity contribution < 1.29 is 19.1 Å². The van der Waals surface area contributed by atoms with Gasteiger partial charge in [-0.1, -0.05) is 19.8 Å². The van der Waals surface area contributed by atoms with Crippen LogP contribution < -0.4 is 0 Å². The first-order valence-corrected chi connectivity index (χ1v) is 5.80. The lowest BCUT2D eigenvalue weighted by atomic mass is 10.0. The smallest absolute Gasteiger partial charge is 0.320 e. The third kappa shape index (κ3) is 5.35. The Morgan fingerprint density at radius 2 is 1.69 bits per heavy atom. The van der Waals surface area contributed by atoms with Gasteiger partial charge in [-0.05, 0) is 12.8 Å². The molecule has 0 aliphatic rings. The highest BCUT2D eigenvalue weighted by Crippen LogP contribution is 2.19. The number of methoxy groups -OCH3 is 2. The van der Waals surface area contributed by atoms with Crippen LogP contribution in [-0.2, 0) is 19.1 Å². The summed E-state index contributed by atoms with van der Waals surface area (Å²) < 4.78 is 9.08. The van der Waals surface area contributed by atoms with Crippen molar-refractivity contribution in [1.29, 1.82) is 0 Å². The number of carbonyl (C=O) groups is 2. The fraction of sp³-hybridized carbons (Fsp3) is 0.818. The molecule has 0 aromatic heterocycles. The number of alkyl halides is 1. The number of esters is 2. The third-order valence-electron chi connectivity index (χ3n) is 2.33. The lowest BCUT2D eigenvalue weighted by Gasteiger charge is -2.15. The zero-order valence-electron chi connectivity index (χ0n) is 9.99. The van der Waals surface area contributed by atoms with E-state index in [-0.39, 0.29) is 11.8 Å². The predicted octanol–water partition coefficient (Wildman–Crippen LogP) is 2.14. The van der Waals surface area contributed by atoms with Crippen molar-refractivity contribution >= 4 is 23.5 Å². The average Bonchev–Trinajstić information content (AvgIpc) is 2.31. The van der Waals surface area contributed by atoms with Gasteiger partial charge in [0.25, 0.3) is 0 Å². The quantitative estimate of drug-likeness (QED) is 0.395. The summed E-state index contributed by atoms with van der Waals surface area (Å²) >= 11 is 6.04. The van der Waals surface area contributed by atoms with Gasteiger partial charge in [0.05, 0.1) is 14.2 Å². The highest BCUT2D eigenvalue weighted by atomic mass is 35.5. The van der Waals surface area contributed by atoms with Crippen molar-refractivity contribution in [3.8, 4) is 0 Å². The molecular formula is C11H19ClO4. The summed E-state index contributed by atoms with van der Waals surface area (Å²) in [5, 5.41) is -0.205. The maximum absolute atomic E-state index is 11.3. The average molecular weight is 251 g/mol. The number of hydrogen-bond donors (Lipinski definition) is 0. The molecule has 0 rings (SSSR count). The van der Waals surface area contributed by atoms with Crippen molar-refractivity contribution in [1.82, 2.24) is 0 Å². The van der Waals surface area contributed by atoms with Gasteiger partial charge in [0.15, 0.2) is 5.92 Å². The van der Waals surface area contributed by atoms with E-state index in [1.165, 1.54) is 14.2 Å². The summed E-state index contributed by atoms with van der Waals surface area (Å²) in [6, 6.07) is 0. The monoisotopic (exact) mass is 250 g/mol. The molecule has 1 unspecified atom stereocenters. The fourth-order valence-electron chi connectivity index (χ4n) is 1.37. The van der Waals surface area contributed by atoms with E-state index in [0.717, 1.165) is 19.3 Å². The molecular weight excluding hydrogens is 232 g/mol. The molecule has 94 valence electrons. The lowest BCUT2D eigenvalue weighted by Crippen LogP contribution is -2.29. The van der Waals surface area contributed by atoms with Gasteiger partial charge in [-0.25, -0.2) is 0 Å². The standard InChI is InChI=1S/C11H19ClO4/c1-4-5-6-8(12)7-9(10(13)15-2)11(14)16-3/h8-9H,4-7H2,1-3H3. The first-order valence-electron chi connectivity index (χ1n) is 5.36. The molecule has 0 amide bonds. The van der Waals surface area contributed by atoms with Gasteiger partial charge in [-0.2, -0.15) is 0 Å². The van der Waals surface area contributed by atoms with Gasteiger partial charge in [-0.3, -0.25) is 9.59 Å². The summed E-state index contributed by atoms with van der Waals surface area (Å²) in [5.41, 5.74) is 0. The molecule has 0 heterocycles. The van der Waals surface area contributed by atoms with E-state index in [1.807, 2.05) is 0 Å². The number of unbranched alkanes of at least 4 members (excludes halogenated alkanes) is 1. The van der Waals surface area contributed by atoms with Crippen LogP contribution in [0.15, 0.2) is 0 Å². The summed E-state index contributed by atoms with van der Waals surface area (Å²) in [7, 11) is 2.49. The molecule has 0 aromatic rings. The Morgan fingerprint density at radius 3 is 2.06 bits per heavy atom. The summed E-state index contributed by atoms with van der Waals surface area (Å²) in [5.74, 6) is -2.09. The van der Waals surface area contributed by atoms with Gasteiger partial charge in [0.1, 0.15) is 0 Å². The van der Waals surface area contributed by atoms with Crippen LogP contribution in [0.5, 0.6) is 0 Å². The van der Waals surface area contributed by atoms with E-state index >= 15 is 0 Å². The van der Waals surface area contributed by atoms with E-state index in [0.29, 0.717) is 0 Å². The molecule has 0 aliphatic heterocycles. The van der Waals surface area contributed by atoms with E-state index in [1.54, 1.807) is 0 Å². The Kier molecular flexibility index (Phi) is 7.99. The summed E-state index contributed by atoms with van der Waals surface area (Å²) in [6.07, 6.45) is 3.05. The summed E-state index contributed by atoms with van der Waals surface area (Å²) in [4.78, 5) is 22.7. The molecule has 16 heavy (non-hydrogen) atoms. The Bertz CT molecular complexity index is 214. The van der Waals surface area contributed by atoms with Crippen LogP contribution in [0.3, 0.4) is 0 Å². The predicted molar refractivity (Wildman–Crippen MR) is 61.3 cm³/mol. The number of hydrogen-bond acceptors (Lipinski definition) is 4. The number of halogens is 1. The second-order valence-corrected chi connectivity index (χ2v) is 4.19. The van der Waals surface area contributed by atoms with Crippen molar-refractivity contribution in [2.75, 3.05) is 14.2 Å². The lowest BCUT2D eigenvalue weighted by molar-refractivity contribution is -0.159. The van der Waals surface area contributed by atoms with Crippen LogP contribution in [-0.4, -0.2) is 31.5 Å². The zero-order valence-corrected chi connectivity index (χ0v) is 10.8. The molecule has 1 atom stereocenters. The van der Waals surface area contributed by atoms with E-state index < -0.39 is 17.9 Å². The molecule has 0 N–H and O–H groups in total. The van der Waals surface area contributed by atoms with E-state index in [9.17, 15) is 9.59 Å². The Morgan fingerprint density at radius 1 is 1.19 bits per heavy atom. The number of carbonyl (C=O) groups excluding carboxylic acids is 2. The van der Waals surface area contributed by atoms with Crippen LogP contribution in [0.2, 0.25) is 0 Å². The first kappa shape index (κ1) is 15.2. The minimum Gasteiger partial charge on any atom is -0.468 e. The maximum Gasteiger partial charge on any atom is 0.320 e. The highest BCUT2D eigenvalue weighted by Gasteiger charge is 2.30. The highest BCUT2D eigenvalue weighted by molar-refractivity contribution is 6.20. The molecule has 0 fully saturated rings. The second kappa shape index (κ2) is 8.39. The summed E-state index contributed by atoms with van der Waals surface area (Å²) in [6.45, 7) is 2.06. The zero-order chi connectivity index (χ0) is 12.6. The minimum atomic E-state index is -0.908. The van der Waals surface area contributed by atoms with Crippen LogP contribution in [0.4, 0.5) is 0 Å². The van der Waals surface area contributed by atoms with Crippen LogP contribution in [0.25, 0.3) is 0 Å². The SMILES string of the molecule is CCCCC(Cl)CC(C(=O)OC)C(=O)OC. The van der Waals surface area contributed by atoms with E-state index in [2.05, 4.69) is 16.4 Å². The Labute approximate surface area is 101 Å². The van der Waals surface area contributed by atoms with Crippen molar-refractivity contribution in [3.05, 3.63) is 0 Å². The van der Waals surface area contributed by atoms with Gasteiger partial charge >= 0.3 is 11.9 Å². The number of rotatable bonds is 7. The van der Waals surface area contributed by atoms with Crippen molar-refractivity contribution in [2.45, 2.75) is 38.0 Å². The fourth-order valence-corrected chi connectivity index (χ4v) is 1.70. The molecule has 0 saturated carbocycles. The Hall–Kier alpha value is -0.770. The van der Waals surface area contributed by atoms with Gasteiger partial charge in [0, 0.05) is 5.38 Å². The Balaban J connectivity index is 4.31. The largest absolute Gasteiger partial charge is 0.468 e. The molecule has 0 radical (unpaired) electrons. The second-order valence-electron chi connectivity index (χ2n) is 3.57. The normalized spacial score (nSPS) is 12.3.